The molecule has 0 aliphatic carbocycles. The number of fused-ring (bicyclic) bond motifs is 1. The zero-order chi connectivity index (χ0) is 13.2. The summed E-state index contributed by atoms with van der Waals surface area (Å²) in [6.45, 7) is 2.81. The van der Waals surface area contributed by atoms with Crippen LogP contribution in [0.3, 0.4) is 0 Å². The van der Waals surface area contributed by atoms with Gasteiger partial charge in [0.25, 0.3) is 0 Å². The maximum Gasteiger partial charge on any atom is 0.129 e. The average Bonchev–Trinajstić information content (AvgIpc) is 2.86. The van der Waals surface area contributed by atoms with Gasteiger partial charge in [0.1, 0.15) is 11.0 Å². The molecule has 0 aliphatic rings. The highest BCUT2D eigenvalue weighted by atomic mass is 35.5. The Hall–Kier alpha value is -1.65. The molecule has 5 heteroatoms. The number of halogens is 1. The zero-order valence-corrected chi connectivity index (χ0v) is 11.9. The van der Waals surface area contributed by atoms with E-state index in [-0.39, 0.29) is 0 Å². The Bertz CT molecular complexity index is 724. The third-order valence-electron chi connectivity index (χ3n) is 2.93. The van der Waals surface area contributed by atoms with Crippen molar-refractivity contribution in [3.8, 4) is 0 Å². The van der Waals surface area contributed by atoms with Crippen molar-refractivity contribution in [2.45, 2.75) is 13.5 Å². The van der Waals surface area contributed by atoms with Crippen molar-refractivity contribution in [1.29, 1.82) is 0 Å². The van der Waals surface area contributed by atoms with Crippen molar-refractivity contribution in [1.82, 2.24) is 8.75 Å². The number of nitrogens with one attached hydrogen (secondary N) is 1. The van der Waals surface area contributed by atoms with Crippen LogP contribution in [0.25, 0.3) is 11.0 Å². The van der Waals surface area contributed by atoms with E-state index in [1.54, 1.807) is 0 Å². The summed E-state index contributed by atoms with van der Waals surface area (Å²) in [4.78, 5) is 0. The molecule has 19 heavy (non-hydrogen) atoms. The summed E-state index contributed by atoms with van der Waals surface area (Å²) >= 11 is 7.43. The molecule has 3 aromatic rings. The van der Waals surface area contributed by atoms with E-state index in [2.05, 4.69) is 45.3 Å². The van der Waals surface area contributed by atoms with E-state index in [0.717, 1.165) is 23.3 Å². The molecule has 2 aromatic carbocycles. The maximum atomic E-state index is 6.23. The lowest BCUT2D eigenvalue weighted by Crippen LogP contribution is -2.01. The predicted octanol–water partition coefficient (Wildman–Crippen LogP) is 4.27. The molecule has 96 valence electrons. The molecule has 0 fully saturated rings. The fraction of sp³-hybridized carbons (Fsp3) is 0.143. The van der Waals surface area contributed by atoms with Gasteiger partial charge in [-0.25, -0.2) is 0 Å². The van der Waals surface area contributed by atoms with Gasteiger partial charge >= 0.3 is 0 Å². The summed E-state index contributed by atoms with van der Waals surface area (Å²) in [5.41, 5.74) is 5.04. The Kier molecular flexibility index (Phi) is 3.36. The highest BCUT2D eigenvalue weighted by molar-refractivity contribution is 7.00. The van der Waals surface area contributed by atoms with Gasteiger partial charge in [-0.2, -0.15) is 8.75 Å². The van der Waals surface area contributed by atoms with E-state index >= 15 is 0 Å². The lowest BCUT2D eigenvalue weighted by atomic mass is 10.1. The number of benzene rings is 2. The summed E-state index contributed by atoms with van der Waals surface area (Å²) in [6.07, 6.45) is 0. The first-order valence-electron chi connectivity index (χ1n) is 5.94. The molecule has 3 nitrogen and oxygen atoms in total. The molecule has 0 saturated carbocycles. The first-order chi connectivity index (χ1) is 9.24. The maximum absolute atomic E-state index is 6.23. The first kappa shape index (κ1) is 12.4. The lowest BCUT2D eigenvalue weighted by molar-refractivity contribution is 1.14. The van der Waals surface area contributed by atoms with Gasteiger partial charge in [0.05, 0.1) is 22.4 Å². The molecule has 1 heterocycles. The lowest BCUT2D eigenvalue weighted by Gasteiger charge is -2.09. The number of aromatic nitrogens is 2. The topological polar surface area (TPSA) is 37.8 Å². The van der Waals surface area contributed by atoms with Crippen molar-refractivity contribution < 1.29 is 0 Å². The van der Waals surface area contributed by atoms with Crippen molar-refractivity contribution in [3.05, 3.63) is 52.5 Å². The Morgan fingerprint density at radius 3 is 2.95 bits per heavy atom. The predicted molar refractivity (Wildman–Crippen MR) is 80.9 cm³/mol. The fourth-order valence-electron chi connectivity index (χ4n) is 2.01. The Labute approximate surface area is 120 Å². The van der Waals surface area contributed by atoms with E-state index in [1.165, 1.54) is 22.9 Å². The molecule has 0 amide bonds. The third kappa shape index (κ3) is 2.55. The molecule has 1 N–H and O–H groups in total. The molecule has 0 bridgehead atoms. The van der Waals surface area contributed by atoms with Gasteiger partial charge in [-0.15, -0.1) is 0 Å². The number of hydrogen-bond acceptors (Lipinski definition) is 4. The largest absolute Gasteiger partial charge is 0.378 e. The van der Waals surface area contributed by atoms with E-state index in [4.69, 9.17) is 11.6 Å². The Balaban J connectivity index is 1.89. The van der Waals surface area contributed by atoms with Crippen molar-refractivity contribution in [2.24, 2.45) is 0 Å². The van der Waals surface area contributed by atoms with Gasteiger partial charge < -0.3 is 5.32 Å². The van der Waals surface area contributed by atoms with Gasteiger partial charge in [0.15, 0.2) is 0 Å². The number of anilines is 1. The number of nitrogens with zero attached hydrogens (tertiary/aromatic N) is 2. The Morgan fingerprint density at radius 2 is 2.11 bits per heavy atom. The van der Waals surface area contributed by atoms with Crippen LogP contribution in [0.4, 0.5) is 5.69 Å². The third-order valence-corrected chi connectivity index (χ3v) is 3.79. The molecule has 0 spiro atoms. The smallest absolute Gasteiger partial charge is 0.129 e. The number of rotatable bonds is 3. The fourth-order valence-corrected chi connectivity index (χ4v) is 2.77. The quantitative estimate of drug-likeness (QED) is 0.782. The highest BCUT2D eigenvalue weighted by Gasteiger charge is 2.09. The number of hydrogen-bond donors (Lipinski definition) is 1. The average molecular weight is 290 g/mol. The minimum atomic E-state index is 0.674. The summed E-state index contributed by atoms with van der Waals surface area (Å²) in [5, 5.41) is 4.03. The molecule has 0 radical (unpaired) electrons. The van der Waals surface area contributed by atoms with Crippen LogP contribution in [0, 0.1) is 6.92 Å². The molecule has 1 aromatic heterocycles. The van der Waals surface area contributed by atoms with Crippen LogP contribution in [0.2, 0.25) is 5.02 Å². The van der Waals surface area contributed by atoms with Gasteiger partial charge in [-0.3, -0.25) is 0 Å². The van der Waals surface area contributed by atoms with Crippen LogP contribution in [-0.4, -0.2) is 8.75 Å². The normalized spacial score (nSPS) is 10.8. The summed E-state index contributed by atoms with van der Waals surface area (Å²) in [7, 11) is 0. The van der Waals surface area contributed by atoms with Crippen LogP contribution >= 0.6 is 23.3 Å². The summed E-state index contributed by atoms with van der Waals surface area (Å²) in [6, 6.07) is 12.1. The van der Waals surface area contributed by atoms with E-state index < -0.39 is 0 Å². The van der Waals surface area contributed by atoms with Crippen LogP contribution in [0.5, 0.6) is 0 Å². The van der Waals surface area contributed by atoms with Crippen LogP contribution in [0.15, 0.2) is 36.4 Å². The minimum Gasteiger partial charge on any atom is -0.378 e. The van der Waals surface area contributed by atoms with E-state index in [0.29, 0.717) is 5.02 Å². The second-order valence-corrected chi connectivity index (χ2v) is 5.33. The summed E-state index contributed by atoms with van der Waals surface area (Å²) < 4.78 is 8.51. The van der Waals surface area contributed by atoms with Gasteiger partial charge in [-0.05, 0) is 24.6 Å². The highest BCUT2D eigenvalue weighted by Crippen LogP contribution is 2.30. The standard InChI is InChI=1S/C14H12ClN3S/c1-9-3-2-4-10(7-9)8-16-13-11(15)5-6-12-14(13)18-19-17-12/h2-7,16H,8H2,1H3. The van der Waals surface area contributed by atoms with Crippen molar-refractivity contribution in [2.75, 3.05) is 5.32 Å². The minimum absolute atomic E-state index is 0.674. The molecular formula is C14H12ClN3S. The monoisotopic (exact) mass is 289 g/mol. The second kappa shape index (κ2) is 5.15. The first-order valence-corrected chi connectivity index (χ1v) is 7.05. The molecule has 0 saturated heterocycles. The molecule has 3 rings (SSSR count). The van der Waals surface area contributed by atoms with Crippen molar-refractivity contribution >= 4 is 40.0 Å². The molecule has 0 atom stereocenters. The van der Waals surface area contributed by atoms with Crippen molar-refractivity contribution in [3.63, 3.8) is 0 Å². The molecular weight excluding hydrogens is 278 g/mol. The Morgan fingerprint density at radius 1 is 1.21 bits per heavy atom. The van der Waals surface area contributed by atoms with E-state index in [1.807, 2.05) is 12.1 Å². The van der Waals surface area contributed by atoms with Gasteiger partial charge in [0, 0.05) is 6.54 Å². The van der Waals surface area contributed by atoms with Crippen LogP contribution in [-0.2, 0) is 6.54 Å². The summed E-state index contributed by atoms with van der Waals surface area (Å²) in [5.74, 6) is 0. The number of aryl methyl sites for hydroxylation is 1. The SMILES string of the molecule is Cc1cccc(CNc2c(Cl)ccc3nsnc23)c1. The van der Waals surface area contributed by atoms with Crippen LogP contribution in [0.1, 0.15) is 11.1 Å². The van der Waals surface area contributed by atoms with Gasteiger partial charge in [0.2, 0.25) is 0 Å². The van der Waals surface area contributed by atoms with Crippen LogP contribution < -0.4 is 5.32 Å². The van der Waals surface area contributed by atoms with Gasteiger partial charge in [-0.1, -0.05) is 41.4 Å². The zero-order valence-electron chi connectivity index (χ0n) is 10.4. The second-order valence-electron chi connectivity index (χ2n) is 4.40. The molecule has 0 unspecified atom stereocenters. The van der Waals surface area contributed by atoms with E-state index in [9.17, 15) is 0 Å². The molecule has 0 aliphatic heterocycles.